The van der Waals surface area contributed by atoms with E-state index in [2.05, 4.69) is 46.8 Å². The van der Waals surface area contributed by atoms with Gasteiger partial charge in [-0.25, -0.2) is 0 Å². The molecular formula is C12H18O. The monoisotopic (exact) mass is 178 g/mol. The molecule has 0 radical (unpaired) electrons. The number of rotatable bonds is 2. The molecule has 0 saturated heterocycles. The van der Waals surface area contributed by atoms with Crippen molar-refractivity contribution < 1.29 is 4.74 Å². The highest BCUT2D eigenvalue weighted by Crippen LogP contribution is 2.23. The third kappa shape index (κ3) is 2.48. The van der Waals surface area contributed by atoms with Gasteiger partial charge < -0.3 is 4.74 Å². The van der Waals surface area contributed by atoms with Crippen LogP contribution in [0.25, 0.3) is 0 Å². The molecule has 0 aliphatic heterocycles. The lowest BCUT2D eigenvalue weighted by Crippen LogP contribution is -2.07. The lowest BCUT2D eigenvalue weighted by atomic mass is 10.1. The van der Waals surface area contributed by atoms with Crippen LogP contribution in [0.15, 0.2) is 12.1 Å². The first-order valence-corrected chi connectivity index (χ1v) is 4.75. The van der Waals surface area contributed by atoms with Gasteiger partial charge in [0.2, 0.25) is 0 Å². The van der Waals surface area contributed by atoms with Crippen molar-refractivity contribution in [3.8, 4) is 5.75 Å². The second-order valence-electron chi connectivity index (χ2n) is 3.87. The molecule has 72 valence electrons. The molecule has 0 heterocycles. The molecule has 0 aromatic heterocycles. The summed E-state index contributed by atoms with van der Waals surface area (Å²) in [5, 5.41) is 0. The third-order valence-corrected chi connectivity index (χ3v) is 2.13. The maximum Gasteiger partial charge on any atom is 0.123 e. The Bertz CT molecular complexity index is 300. The molecule has 1 heteroatoms. The number of hydrogen-bond donors (Lipinski definition) is 0. The second-order valence-corrected chi connectivity index (χ2v) is 3.87. The fraction of sp³-hybridized carbons (Fsp3) is 0.500. The SMILES string of the molecule is Cc1cc(C)c(C)c(OC(C)C)c1. The number of aryl methyl sites for hydroxylation is 2. The second kappa shape index (κ2) is 3.82. The molecule has 0 unspecified atom stereocenters. The van der Waals surface area contributed by atoms with Crippen LogP contribution in [0.3, 0.4) is 0 Å². The van der Waals surface area contributed by atoms with E-state index in [9.17, 15) is 0 Å². The lowest BCUT2D eigenvalue weighted by molar-refractivity contribution is 0.240. The molecule has 0 atom stereocenters. The zero-order valence-corrected chi connectivity index (χ0v) is 9.14. The Balaban J connectivity index is 3.05. The molecular weight excluding hydrogens is 160 g/mol. The maximum atomic E-state index is 5.71. The predicted molar refractivity (Wildman–Crippen MR) is 56.4 cm³/mol. The Morgan fingerprint density at radius 2 is 1.69 bits per heavy atom. The van der Waals surface area contributed by atoms with Gasteiger partial charge in [-0.05, 0) is 57.4 Å². The summed E-state index contributed by atoms with van der Waals surface area (Å²) in [6, 6.07) is 4.28. The molecule has 0 spiro atoms. The lowest BCUT2D eigenvalue weighted by Gasteiger charge is -2.14. The van der Waals surface area contributed by atoms with Gasteiger partial charge in [-0.2, -0.15) is 0 Å². The predicted octanol–water partition coefficient (Wildman–Crippen LogP) is 3.40. The van der Waals surface area contributed by atoms with Gasteiger partial charge in [0.25, 0.3) is 0 Å². The van der Waals surface area contributed by atoms with E-state index < -0.39 is 0 Å². The van der Waals surface area contributed by atoms with Crippen LogP contribution in [0, 0.1) is 20.8 Å². The van der Waals surface area contributed by atoms with Crippen molar-refractivity contribution >= 4 is 0 Å². The highest BCUT2D eigenvalue weighted by atomic mass is 16.5. The van der Waals surface area contributed by atoms with Crippen LogP contribution in [0.4, 0.5) is 0 Å². The van der Waals surface area contributed by atoms with Crippen LogP contribution in [-0.4, -0.2) is 6.10 Å². The minimum Gasteiger partial charge on any atom is -0.491 e. The molecule has 1 rings (SSSR count). The van der Waals surface area contributed by atoms with Crippen LogP contribution in [0.1, 0.15) is 30.5 Å². The van der Waals surface area contributed by atoms with Crippen LogP contribution in [0.2, 0.25) is 0 Å². The van der Waals surface area contributed by atoms with E-state index in [1.807, 2.05) is 0 Å². The minimum absolute atomic E-state index is 0.250. The zero-order chi connectivity index (χ0) is 10.0. The van der Waals surface area contributed by atoms with Crippen molar-refractivity contribution in [1.29, 1.82) is 0 Å². The van der Waals surface area contributed by atoms with E-state index in [4.69, 9.17) is 4.74 Å². The van der Waals surface area contributed by atoms with Crippen LogP contribution in [0.5, 0.6) is 5.75 Å². The standard InChI is InChI=1S/C12H18O/c1-8(2)13-12-7-9(3)6-10(4)11(12)5/h6-8H,1-5H3. The van der Waals surface area contributed by atoms with Gasteiger partial charge in [0.05, 0.1) is 6.10 Å². The summed E-state index contributed by atoms with van der Waals surface area (Å²) < 4.78 is 5.71. The molecule has 0 N–H and O–H groups in total. The van der Waals surface area contributed by atoms with Gasteiger partial charge in [-0.15, -0.1) is 0 Å². The molecule has 0 bridgehead atoms. The summed E-state index contributed by atoms with van der Waals surface area (Å²) in [6.45, 7) is 10.4. The first-order valence-electron chi connectivity index (χ1n) is 4.75. The van der Waals surface area contributed by atoms with E-state index in [-0.39, 0.29) is 6.10 Å². The summed E-state index contributed by atoms with van der Waals surface area (Å²) in [5.41, 5.74) is 3.81. The molecule has 0 fully saturated rings. The molecule has 0 amide bonds. The van der Waals surface area contributed by atoms with Crippen LogP contribution >= 0.6 is 0 Å². The Kier molecular flexibility index (Phi) is 2.97. The first-order chi connectivity index (χ1) is 6.00. The maximum absolute atomic E-state index is 5.71. The van der Waals surface area contributed by atoms with E-state index in [0.29, 0.717) is 0 Å². The van der Waals surface area contributed by atoms with Gasteiger partial charge >= 0.3 is 0 Å². The van der Waals surface area contributed by atoms with Gasteiger partial charge in [0, 0.05) is 0 Å². The Morgan fingerprint density at radius 1 is 1.08 bits per heavy atom. The van der Waals surface area contributed by atoms with Crippen molar-refractivity contribution in [3.05, 3.63) is 28.8 Å². The van der Waals surface area contributed by atoms with E-state index in [1.54, 1.807) is 0 Å². The van der Waals surface area contributed by atoms with E-state index in [1.165, 1.54) is 16.7 Å². The van der Waals surface area contributed by atoms with Gasteiger partial charge in [-0.3, -0.25) is 0 Å². The summed E-state index contributed by atoms with van der Waals surface area (Å²) in [5.74, 6) is 1.02. The normalized spacial score (nSPS) is 10.6. The number of hydrogen-bond acceptors (Lipinski definition) is 1. The molecule has 0 aliphatic carbocycles. The Labute approximate surface area is 80.7 Å². The van der Waals surface area contributed by atoms with Gasteiger partial charge in [0.15, 0.2) is 0 Å². The average Bonchev–Trinajstić information content (AvgIpc) is 1.98. The highest BCUT2D eigenvalue weighted by Gasteiger charge is 2.04. The van der Waals surface area contributed by atoms with Crippen molar-refractivity contribution in [3.63, 3.8) is 0 Å². The first kappa shape index (κ1) is 10.1. The molecule has 1 aromatic carbocycles. The summed E-state index contributed by atoms with van der Waals surface area (Å²) >= 11 is 0. The van der Waals surface area contributed by atoms with E-state index >= 15 is 0 Å². The molecule has 0 saturated carbocycles. The Morgan fingerprint density at radius 3 is 2.23 bits per heavy atom. The molecule has 0 aliphatic rings. The van der Waals surface area contributed by atoms with Crippen LogP contribution < -0.4 is 4.74 Å². The Hall–Kier alpha value is -0.980. The minimum atomic E-state index is 0.250. The molecule has 13 heavy (non-hydrogen) atoms. The van der Waals surface area contributed by atoms with Gasteiger partial charge in [0.1, 0.15) is 5.75 Å². The van der Waals surface area contributed by atoms with Crippen molar-refractivity contribution in [1.82, 2.24) is 0 Å². The summed E-state index contributed by atoms with van der Waals surface area (Å²) in [7, 11) is 0. The van der Waals surface area contributed by atoms with Crippen molar-refractivity contribution in [2.75, 3.05) is 0 Å². The van der Waals surface area contributed by atoms with Crippen LogP contribution in [-0.2, 0) is 0 Å². The fourth-order valence-electron chi connectivity index (χ4n) is 1.38. The smallest absolute Gasteiger partial charge is 0.123 e. The van der Waals surface area contributed by atoms with E-state index in [0.717, 1.165) is 5.75 Å². The number of benzene rings is 1. The topological polar surface area (TPSA) is 9.23 Å². The quantitative estimate of drug-likeness (QED) is 0.674. The third-order valence-electron chi connectivity index (χ3n) is 2.13. The largest absolute Gasteiger partial charge is 0.491 e. The zero-order valence-electron chi connectivity index (χ0n) is 9.14. The average molecular weight is 178 g/mol. The van der Waals surface area contributed by atoms with Gasteiger partial charge in [-0.1, -0.05) is 6.07 Å². The van der Waals surface area contributed by atoms with Crippen molar-refractivity contribution in [2.24, 2.45) is 0 Å². The summed E-state index contributed by atoms with van der Waals surface area (Å²) in [4.78, 5) is 0. The number of ether oxygens (including phenoxy) is 1. The van der Waals surface area contributed by atoms with Crippen molar-refractivity contribution in [2.45, 2.75) is 40.7 Å². The highest BCUT2D eigenvalue weighted by molar-refractivity contribution is 5.41. The molecule has 1 aromatic rings. The summed E-state index contributed by atoms with van der Waals surface area (Å²) in [6.07, 6.45) is 0.250. The fourth-order valence-corrected chi connectivity index (χ4v) is 1.38. The molecule has 1 nitrogen and oxygen atoms in total.